The second-order valence-electron chi connectivity index (χ2n) is 3.50. The molecule has 0 heterocycles. The van der Waals surface area contributed by atoms with Crippen molar-refractivity contribution in [2.75, 3.05) is 6.61 Å². The second-order valence-corrected chi connectivity index (χ2v) is 6.39. The second kappa shape index (κ2) is 9.81. The van der Waals surface area contributed by atoms with Crippen molar-refractivity contribution in [3.63, 3.8) is 0 Å². The van der Waals surface area contributed by atoms with Gasteiger partial charge in [-0.25, -0.2) is 0 Å². The van der Waals surface area contributed by atoms with E-state index in [1.165, 1.54) is 0 Å². The Kier molecular flexibility index (Phi) is 10.2. The average molecular weight is 381 g/mol. The molecule has 1 atom stereocenters. The van der Waals surface area contributed by atoms with Gasteiger partial charge < -0.3 is 20.0 Å². The van der Waals surface area contributed by atoms with Crippen LogP contribution < -0.4 is 61.8 Å². The zero-order valence-electron chi connectivity index (χ0n) is 10.4. The number of rotatable bonds is 4. The fraction of sp³-hybridized carbons (Fsp3) is 0.273. The number of benzene rings is 1. The van der Waals surface area contributed by atoms with Crippen LogP contribution in [0, 0.1) is 0 Å². The van der Waals surface area contributed by atoms with Gasteiger partial charge in [0.05, 0.1) is 12.0 Å². The Balaban J connectivity index is 0.00000361. The first kappa shape index (κ1) is 20.9. The van der Waals surface area contributed by atoms with E-state index in [2.05, 4.69) is 5.32 Å². The smallest absolute Gasteiger partial charge is 0.548 e. The van der Waals surface area contributed by atoms with Gasteiger partial charge in [-0.05, 0) is 17.8 Å². The topological polar surface area (TPSA) is 61.4 Å². The first-order chi connectivity index (χ1) is 8.79. The molecule has 1 rings (SSSR count). The summed E-state index contributed by atoms with van der Waals surface area (Å²) in [4.78, 5) is 11.1. The Morgan fingerprint density at radius 1 is 1.35 bits per heavy atom. The number of carbonyl (C=O) groups is 1. The van der Waals surface area contributed by atoms with Gasteiger partial charge in [0.15, 0.2) is 0 Å². The molecule has 0 fully saturated rings. The molecule has 0 unspecified atom stereocenters. The summed E-state index contributed by atoms with van der Waals surface area (Å²) in [5.41, 5.74) is 0.474. The molecule has 1 N–H and O–H groups in total. The number of nitrogens with one attached hydrogen (secondary N) is 1. The maximum Gasteiger partial charge on any atom is 1.00 e. The van der Waals surface area contributed by atoms with Crippen molar-refractivity contribution in [1.82, 2.24) is 5.32 Å². The molecule has 104 valence electrons. The Hall–Kier alpha value is 0.886. The van der Waals surface area contributed by atoms with Crippen LogP contribution in [0.1, 0.15) is 11.6 Å². The summed E-state index contributed by atoms with van der Waals surface area (Å²) in [7, 11) is 0. The average Bonchev–Trinajstić information content (AvgIpc) is 2.33. The number of thiocarbonyl (C=S) groups is 1. The van der Waals surface area contributed by atoms with Gasteiger partial charge in [0, 0.05) is 0 Å². The van der Waals surface area contributed by atoms with Gasteiger partial charge in [-0.2, -0.15) is 0 Å². The van der Waals surface area contributed by atoms with Crippen molar-refractivity contribution in [3.8, 4) is 0 Å². The summed E-state index contributed by atoms with van der Waals surface area (Å²) < 4.78 is 3.31. The van der Waals surface area contributed by atoms with Crippen LogP contribution in [0.2, 0.25) is 0 Å². The molecule has 9 heteroatoms. The monoisotopic (exact) mass is 379 g/mol. The van der Waals surface area contributed by atoms with Crippen molar-refractivity contribution < 1.29 is 66.0 Å². The molecule has 0 aromatic heterocycles. The van der Waals surface area contributed by atoms with Gasteiger partial charge in [0.25, 0.3) is 5.17 Å². The minimum Gasteiger partial charge on any atom is -0.548 e. The third-order valence-corrected chi connectivity index (χ3v) is 2.56. The van der Waals surface area contributed by atoms with E-state index in [1.54, 1.807) is 30.3 Å². The van der Waals surface area contributed by atoms with Gasteiger partial charge in [-0.3, -0.25) is 0 Å². The summed E-state index contributed by atoms with van der Waals surface area (Å²) in [5, 5.41) is 13.4. The number of carboxylic acid groups (broad SMARTS) is 1. The number of hydrogen-bond donors (Lipinski definition) is 1. The fourth-order valence-corrected chi connectivity index (χ4v) is 1.57. The summed E-state index contributed by atoms with van der Waals surface area (Å²) in [5.74, 6) is -1.34. The zero-order chi connectivity index (χ0) is 14.5. The molecule has 1 aromatic rings. The van der Waals surface area contributed by atoms with E-state index in [0.29, 0.717) is 5.56 Å². The number of carboxylic acids is 1. The van der Waals surface area contributed by atoms with Crippen LogP contribution in [0.4, 0.5) is 0 Å². The summed E-state index contributed by atoms with van der Waals surface area (Å²) in [6.45, 7) is -0.294. The van der Waals surface area contributed by atoms with E-state index in [-0.39, 0.29) is 63.2 Å². The normalized spacial score (nSPS) is 11.9. The van der Waals surface area contributed by atoms with Crippen LogP contribution in [0.15, 0.2) is 30.3 Å². The molecule has 0 aliphatic carbocycles. The molecule has 0 saturated carbocycles. The predicted octanol–water partition coefficient (Wildman–Crippen LogP) is -1.26. The van der Waals surface area contributed by atoms with Crippen molar-refractivity contribution in [2.24, 2.45) is 0 Å². The van der Waals surface area contributed by atoms with E-state index in [9.17, 15) is 9.90 Å². The molecule has 0 spiro atoms. The maximum absolute atomic E-state index is 11.1. The van der Waals surface area contributed by atoms with E-state index >= 15 is 0 Å². The van der Waals surface area contributed by atoms with Crippen LogP contribution in [0.3, 0.4) is 0 Å². The Bertz CT molecular complexity index is 456. The van der Waals surface area contributed by atoms with Crippen molar-refractivity contribution in [1.29, 1.82) is 0 Å². The zero-order valence-corrected chi connectivity index (χ0v) is 16.6. The molecule has 0 bridgehead atoms. The minimum absolute atomic E-state index is 0. The molecule has 1 aromatic carbocycles. The molecule has 0 amide bonds. The van der Waals surface area contributed by atoms with Gasteiger partial charge in [-0.15, -0.1) is 0 Å². The van der Waals surface area contributed by atoms with E-state index in [1.807, 2.05) is 0 Å². The van der Waals surface area contributed by atoms with Gasteiger partial charge in [0.1, 0.15) is 6.61 Å². The summed E-state index contributed by atoms with van der Waals surface area (Å²) in [6.07, 6.45) is 0. The Morgan fingerprint density at radius 2 is 1.90 bits per heavy atom. The number of hydrogen-bond acceptors (Lipinski definition) is 4. The molecule has 0 aliphatic rings. The fourth-order valence-electron chi connectivity index (χ4n) is 1.23. The SMILES string of the molecule is O=C([O-])[C@@H](NC(=S)OCC(Cl)(Cl)Cl)c1ccccc1.[K+]. The minimum atomic E-state index is -1.63. The molecule has 0 radical (unpaired) electrons. The molecule has 20 heavy (non-hydrogen) atoms. The third-order valence-electron chi connectivity index (χ3n) is 2.00. The van der Waals surface area contributed by atoms with Crippen LogP contribution in [0.5, 0.6) is 0 Å². The van der Waals surface area contributed by atoms with Crippen LogP contribution in [-0.2, 0) is 9.53 Å². The van der Waals surface area contributed by atoms with Gasteiger partial charge >= 0.3 is 51.4 Å². The first-order valence-electron chi connectivity index (χ1n) is 5.05. The Labute approximate surface area is 179 Å². The van der Waals surface area contributed by atoms with Crippen molar-refractivity contribution >= 4 is 58.2 Å². The quantitative estimate of drug-likeness (QED) is 0.401. The number of carbonyl (C=O) groups excluding carboxylic acids is 1. The molecular weight excluding hydrogens is 372 g/mol. The largest absolute Gasteiger partial charge is 1.00 e. The van der Waals surface area contributed by atoms with Crippen LogP contribution in [-0.4, -0.2) is 21.5 Å². The molecule has 4 nitrogen and oxygen atoms in total. The first-order valence-corrected chi connectivity index (χ1v) is 6.59. The summed E-state index contributed by atoms with van der Waals surface area (Å²) in [6, 6.07) is 7.24. The maximum atomic E-state index is 11.1. The predicted molar refractivity (Wildman–Crippen MR) is 76.2 cm³/mol. The van der Waals surface area contributed by atoms with Crippen LogP contribution in [0.25, 0.3) is 0 Å². The van der Waals surface area contributed by atoms with E-state index in [4.69, 9.17) is 51.8 Å². The number of ether oxygens (including phenoxy) is 1. The van der Waals surface area contributed by atoms with Gasteiger partial charge in [0.2, 0.25) is 3.79 Å². The van der Waals surface area contributed by atoms with Crippen molar-refractivity contribution in [2.45, 2.75) is 9.83 Å². The summed E-state index contributed by atoms with van der Waals surface area (Å²) >= 11 is 21.3. The van der Waals surface area contributed by atoms with Crippen molar-refractivity contribution in [3.05, 3.63) is 35.9 Å². The third kappa shape index (κ3) is 8.36. The number of halogens is 3. The van der Waals surface area contributed by atoms with Crippen LogP contribution >= 0.6 is 47.0 Å². The Morgan fingerprint density at radius 3 is 2.35 bits per heavy atom. The van der Waals surface area contributed by atoms with E-state index in [0.717, 1.165) is 0 Å². The van der Waals surface area contributed by atoms with Gasteiger partial charge in [-0.1, -0.05) is 65.1 Å². The molecular formula is C11H9Cl3KNO3S. The number of alkyl halides is 3. The molecule has 0 aliphatic heterocycles. The standard InChI is InChI=1S/C11H10Cl3NO3S.K/c12-11(13,14)6-18-10(19)15-8(9(16)17)7-4-2-1-3-5-7;/h1-5,8H,6H2,(H,15,19)(H,16,17);/q;+1/p-1/t8-;/m0./s1. The number of aliphatic carboxylic acids is 1. The van der Waals surface area contributed by atoms with E-state index < -0.39 is 15.8 Å². The molecule has 0 saturated heterocycles.